The molecule has 0 bridgehead atoms. The molecule has 0 rings (SSSR count). The van der Waals surface area contributed by atoms with Gasteiger partial charge in [-0.3, -0.25) is 10.9 Å². The largest absolute Gasteiger partial charge is 0.343 e. The number of nitrogens with one attached hydrogen (secondary N) is 3. The van der Waals surface area contributed by atoms with E-state index >= 15 is 0 Å². The van der Waals surface area contributed by atoms with Crippen LogP contribution < -0.4 is 22.1 Å². The summed E-state index contributed by atoms with van der Waals surface area (Å²) in [5, 5.41) is 0. The average molecular weight is 146 g/mol. The highest BCUT2D eigenvalue weighted by Crippen LogP contribution is 1.94. The monoisotopic (exact) mass is 146 g/mol. The van der Waals surface area contributed by atoms with Crippen LogP contribution in [-0.2, 0) is 0 Å². The number of carbonyl (C=O) groups excluding carboxylic acids is 1. The van der Waals surface area contributed by atoms with Crippen LogP contribution in [0.25, 0.3) is 0 Å². The zero-order chi connectivity index (χ0) is 8.20. The van der Waals surface area contributed by atoms with Gasteiger partial charge >= 0.3 is 6.03 Å². The number of rotatable bonds is 1. The van der Waals surface area contributed by atoms with Gasteiger partial charge in [-0.05, 0) is 20.8 Å². The Balaban J connectivity index is 3.46. The van der Waals surface area contributed by atoms with E-state index in [9.17, 15) is 4.79 Å². The van der Waals surface area contributed by atoms with Crippen molar-refractivity contribution < 1.29 is 4.79 Å². The molecule has 0 saturated heterocycles. The molecule has 0 aliphatic rings. The van der Waals surface area contributed by atoms with E-state index < -0.39 is 6.03 Å². The van der Waals surface area contributed by atoms with Crippen LogP contribution in [-0.4, -0.2) is 11.6 Å². The fourth-order valence-electron chi connectivity index (χ4n) is 0.280. The molecule has 0 aliphatic carbocycles. The predicted molar refractivity (Wildman–Crippen MR) is 38.7 cm³/mol. The SMILES string of the molecule is CC(C)(C)NNC(=O)NN. The van der Waals surface area contributed by atoms with Crippen LogP contribution in [0.3, 0.4) is 0 Å². The summed E-state index contributed by atoms with van der Waals surface area (Å²) in [7, 11) is 0. The first kappa shape index (κ1) is 9.19. The lowest BCUT2D eigenvalue weighted by atomic mass is 10.1. The molecule has 60 valence electrons. The normalized spacial score (nSPS) is 10.8. The van der Waals surface area contributed by atoms with E-state index in [4.69, 9.17) is 5.84 Å². The molecule has 0 aliphatic heterocycles. The summed E-state index contributed by atoms with van der Waals surface area (Å²) in [6.45, 7) is 5.76. The van der Waals surface area contributed by atoms with Crippen LogP contribution in [0.1, 0.15) is 20.8 Å². The molecule has 5 heteroatoms. The van der Waals surface area contributed by atoms with E-state index in [0.29, 0.717) is 0 Å². The maximum atomic E-state index is 10.4. The highest BCUT2D eigenvalue weighted by Gasteiger charge is 2.08. The van der Waals surface area contributed by atoms with Crippen molar-refractivity contribution in [3.63, 3.8) is 0 Å². The van der Waals surface area contributed by atoms with Gasteiger partial charge in [-0.1, -0.05) is 0 Å². The molecule has 0 heterocycles. The third-order valence-electron chi connectivity index (χ3n) is 0.682. The third kappa shape index (κ3) is 5.33. The van der Waals surface area contributed by atoms with Gasteiger partial charge in [0.25, 0.3) is 0 Å². The highest BCUT2D eigenvalue weighted by molar-refractivity contribution is 5.72. The zero-order valence-electron chi connectivity index (χ0n) is 6.49. The first-order valence-corrected chi connectivity index (χ1v) is 2.99. The topological polar surface area (TPSA) is 79.2 Å². The summed E-state index contributed by atoms with van der Waals surface area (Å²) in [4.78, 5) is 10.4. The van der Waals surface area contributed by atoms with Gasteiger partial charge in [-0.2, -0.15) is 0 Å². The van der Waals surface area contributed by atoms with Crippen LogP contribution in [0.4, 0.5) is 4.79 Å². The molecular formula is C5H14N4O. The third-order valence-corrected chi connectivity index (χ3v) is 0.682. The van der Waals surface area contributed by atoms with Crippen molar-refractivity contribution in [1.29, 1.82) is 0 Å². The Labute approximate surface area is 60.3 Å². The Bertz CT molecular complexity index is 117. The minimum Gasteiger partial charge on any atom is -0.275 e. The Morgan fingerprint density at radius 2 is 1.90 bits per heavy atom. The van der Waals surface area contributed by atoms with E-state index in [1.54, 1.807) is 0 Å². The summed E-state index contributed by atoms with van der Waals surface area (Å²) < 4.78 is 0. The molecule has 10 heavy (non-hydrogen) atoms. The molecular weight excluding hydrogens is 132 g/mol. The lowest BCUT2D eigenvalue weighted by molar-refractivity contribution is 0.229. The summed E-state index contributed by atoms with van der Waals surface area (Å²) in [6.07, 6.45) is 0. The van der Waals surface area contributed by atoms with Gasteiger partial charge in [0.2, 0.25) is 0 Å². The summed E-state index contributed by atoms with van der Waals surface area (Å²) in [5.41, 5.74) is 6.86. The molecule has 0 fully saturated rings. The van der Waals surface area contributed by atoms with Gasteiger partial charge < -0.3 is 0 Å². The minimum absolute atomic E-state index is 0.146. The van der Waals surface area contributed by atoms with Crippen molar-refractivity contribution in [2.75, 3.05) is 0 Å². The Morgan fingerprint density at radius 3 is 2.20 bits per heavy atom. The van der Waals surface area contributed by atoms with Crippen molar-refractivity contribution in [2.24, 2.45) is 5.84 Å². The van der Waals surface area contributed by atoms with E-state index in [0.717, 1.165) is 0 Å². The second-order valence-corrected chi connectivity index (χ2v) is 2.97. The molecule has 5 nitrogen and oxygen atoms in total. The van der Waals surface area contributed by atoms with Crippen LogP contribution in [0.2, 0.25) is 0 Å². The van der Waals surface area contributed by atoms with Crippen molar-refractivity contribution in [1.82, 2.24) is 16.3 Å². The van der Waals surface area contributed by atoms with Gasteiger partial charge in [-0.25, -0.2) is 16.1 Å². The predicted octanol–water partition coefficient (Wildman–Crippen LogP) is -0.538. The maximum absolute atomic E-state index is 10.4. The van der Waals surface area contributed by atoms with Crippen LogP contribution >= 0.6 is 0 Å². The van der Waals surface area contributed by atoms with Gasteiger partial charge in [0, 0.05) is 5.54 Å². The molecule has 5 N–H and O–H groups in total. The Kier molecular flexibility index (Phi) is 3.11. The quantitative estimate of drug-likeness (QED) is 0.228. The Hall–Kier alpha value is -0.810. The lowest BCUT2D eigenvalue weighted by Gasteiger charge is -2.20. The number of hydrogen-bond acceptors (Lipinski definition) is 3. The standard InChI is InChI=1S/C5H14N4O/c1-5(2,3)9-8-4(10)7-6/h9H,6H2,1-3H3,(H2,7,8,10). The van der Waals surface area contributed by atoms with Crippen LogP contribution in [0.5, 0.6) is 0 Å². The number of urea groups is 1. The van der Waals surface area contributed by atoms with E-state index in [1.807, 2.05) is 26.2 Å². The van der Waals surface area contributed by atoms with E-state index in [1.165, 1.54) is 0 Å². The molecule has 0 unspecified atom stereocenters. The second kappa shape index (κ2) is 3.38. The first-order chi connectivity index (χ1) is 4.45. The molecule has 0 saturated carbocycles. The molecule has 0 aromatic heterocycles. The number of amides is 2. The maximum Gasteiger partial charge on any atom is 0.343 e. The first-order valence-electron chi connectivity index (χ1n) is 2.99. The van der Waals surface area contributed by atoms with Gasteiger partial charge in [0.15, 0.2) is 0 Å². The van der Waals surface area contributed by atoms with Crippen LogP contribution in [0.15, 0.2) is 0 Å². The van der Waals surface area contributed by atoms with E-state index in [-0.39, 0.29) is 5.54 Å². The van der Waals surface area contributed by atoms with Gasteiger partial charge in [0.1, 0.15) is 0 Å². The smallest absolute Gasteiger partial charge is 0.275 e. The summed E-state index contributed by atoms with van der Waals surface area (Å²) in [5.74, 6) is 4.80. The van der Waals surface area contributed by atoms with Crippen molar-refractivity contribution in [3.8, 4) is 0 Å². The minimum atomic E-state index is -0.449. The zero-order valence-corrected chi connectivity index (χ0v) is 6.49. The summed E-state index contributed by atoms with van der Waals surface area (Å²) >= 11 is 0. The molecule has 0 spiro atoms. The lowest BCUT2D eigenvalue weighted by Crippen LogP contribution is -2.53. The average Bonchev–Trinajstić information content (AvgIpc) is 1.81. The van der Waals surface area contributed by atoms with Crippen LogP contribution in [0, 0.1) is 0 Å². The van der Waals surface area contributed by atoms with Gasteiger partial charge in [0.05, 0.1) is 0 Å². The number of carbonyl (C=O) groups is 1. The molecule has 2 amide bonds. The van der Waals surface area contributed by atoms with Crippen molar-refractivity contribution in [3.05, 3.63) is 0 Å². The highest BCUT2D eigenvalue weighted by atomic mass is 16.2. The molecule has 0 aromatic rings. The van der Waals surface area contributed by atoms with Crippen molar-refractivity contribution in [2.45, 2.75) is 26.3 Å². The molecule has 0 atom stereocenters. The fourth-order valence-corrected chi connectivity index (χ4v) is 0.280. The summed E-state index contributed by atoms with van der Waals surface area (Å²) in [6, 6.07) is -0.449. The Morgan fingerprint density at radius 1 is 1.40 bits per heavy atom. The number of hydrazine groups is 2. The van der Waals surface area contributed by atoms with Crippen molar-refractivity contribution >= 4 is 6.03 Å². The molecule has 0 radical (unpaired) electrons. The molecule has 0 aromatic carbocycles. The van der Waals surface area contributed by atoms with E-state index in [2.05, 4.69) is 10.9 Å². The second-order valence-electron chi connectivity index (χ2n) is 2.97. The number of hydrogen-bond donors (Lipinski definition) is 4. The van der Waals surface area contributed by atoms with Gasteiger partial charge in [-0.15, -0.1) is 0 Å². The fraction of sp³-hybridized carbons (Fsp3) is 0.800. The number of nitrogens with two attached hydrogens (primary N) is 1.